The van der Waals surface area contributed by atoms with E-state index >= 15 is 0 Å². The first-order valence-corrected chi connectivity index (χ1v) is 4.03. The van der Waals surface area contributed by atoms with Crippen molar-refractivity contribution in [3.8, 4) is 0 Å². The fourth-order valence-electron chi connectivity index (χ4n) is 0.344. The SMILES string of the molecule is CC(C)(O)CCO.OCCCO. The largest absolute Gasteiger partial charge is 0.396 e. The normalized spacial score (nSPS) is 10.5. The molecule has 0 bridgehead atoms. The van der Waals surface area contributed by atoms with Crippen LogP contribution in [0, 0.1) is 0 Å². The smallest absolute Gasteiger partial charge is 0.0613 e. The number of aliphatic hydroxyl groups excluding tert-OH is 3. The summed E-state index contributed by atoms with van der Waals surface area (Å²) in [5.74, 6) is 0. The summed E-state index contributed by atoms with van der Waals surface area (Å²) in [6.07, 6.45) is 0.951. The van der Waals surface area contributed by atoms with Crippen molar-refractivity contribution in [3.63, 3.8) is 0 Å². The Kier molecular flexibility index (Phi) is 10.7. The van der Waals surface area contributed by atoms with E-state index in [1.54, 1.807) is 13.8 Å². The second-order valence-corrected chi connectivity index (χ2v) is 3.09. The lowest BCUT2D eigenvalue weighted by atomic mass is 10.1. The summed E-state index contributed by atoms with van der Waals surface area (Å²) in [6, 6.07) is 0. The summed E-state index contributed by atoms with van der Waals surface area (Å²) in [7, 11) is 0. The molecule has 0 aromatic carbocycles. The van der Waals surface area contributed by atoms with Gasteiger partial charge in [0, 0.05) is 19.8 Å². The van der Waals surface area contributed by atoms with Crippen LogP contribution >= 0.6 is 0 Å². The fourth-order valence-corrected chi connectivity index (χ4v) is 0.344. The molecule has 0 aromatic rings. The van der Waals surface area contributed by atoms with Crippen LogP contribution < -0.4 is 0 Å². The topological polar surface area (TPSA) is 80.9 Å². The van der Waals surface area contributed by atoms with Crippen molar-refractivity contribution >= 4 is 0 Å². The lowest BCUT2D eigenvalue weighted by Crippen LogP contribution is -2.19. The third kappa shape index (κ3) is 22.5. The van der Waals surface area contributed by atoms with E-state index in [1.165, 1.54) is 0 Å². The molecule has 0 aliphatic rings. The van der Waals surface area contributed by atoms with Crippen molar-refractivity contribution in [2.45, 2.75) is 32.3 Å². The van der Waals surface area contributed by atoms with Gasteiger partial charge in [-0.3, -0.25) is 0 Å². The molecule has 4 heteroatoms. The lowest BCUT2D eigenvalue weighted by Gasteiger charge is -2.13. The summed E-state index contributed by atoms with van der Waals surface area (Å²) >= 11 is 0. The van der Waals surface area contributed by atoms with Gasteiger partial charge in [0.2, 0.25) is 0 Å². The lowest BCUT2D eigenvalue weighted by molar-refractivity contribution is 0.0515. The summed E-state index contributed by atoms with van der Waals surface area (Å²) in [5.41, 5.74) is -0.700. The highest BCUT2D eigenvalue weighted by Gasteiger charge is 2.09. The van der Waals surface area contributed by atoms with E-state index in [-0.39, 0.29) is 19.8 Å². The molecule has 0 unspecified atom stereocenters. The van der Waals surface area contributed by atoms with Gasteiger partial charge in [-0.2, -0.15) is 0 Å². The maximum absolute atomic E-state index is 8.86. The van der Waals surface area contributed by atoms with Gasteiger partial charge in [0.25, 0.3) is 0 Å². The van der Waals surface area contributed by atoms with Gasteiger partial charge in [0.1, 0.15) is 0 Å². The van der Waals surface area contributed by atoms with Crippen LogP contribution in [0.1, 0.15) is 26.7 Å². The summed E-state index contributed by atoms with van der Waals surface area (Å²) in [4.78, 5) is 0. The zero-order chi connectivity index (χ0) is 10.0. The fraction of sp³-hybridized carbons (Fsp3) is 1.00. The first kappa shape index (κ1) is 14.4. The molecule has 0 aliphatic heterocycles. The van der Waals surface area contributed by atoms with Crippen molar-refractivity contribution in [2.75, 3.05) is 19.8 Å². The van der Waals surface area contributed by atoms with Gasteiger partial charge in [0.15, 0.2) is 0 Å². The third-order valence-corrected chi connectivity index (χ3v) is 1.04. The maximum atomic E-state index is 8.86. The Morgan fingerprint density at radius 2 is 1.33 bits per heavy atom. The van der Waals surface area contributed by atoms with Crippen molar-refractivity contribution in [1.29, 1.82) is 0 Å². The van der Waals surface area contributed by atoms with E-state index in [1.807, 2.05) is 0 Å². The minimum atomic E-state index is -0.700. The Morgan fingerprint density at radius 1 is 0.917 bits per heavy atom. The molecule has 0 atom stereocenters. The van der Waals surface area contributed by atoms with Gasteiger partial charge in [-0.1, -0.05) is 0 Å². The highest BCUT2D eigenvalue weighted by atomic mass is 16.3. The molecule has 0 fully saturated rings. The molecule has 0 radical (unpaired) electrons. The zero-order valence-corrected chi connectivity index (χ0v) is 7.82. The molecule has 76 valence electrons. The average Bonchev–Trinajstić information content (AvgIpc) is 1.87. The highest BCUT2D eigenvalue weighted by molar-refractivity contribution is 4.62. The molecule has 0 saturated carbocycles. The summed E-state index contributed by atoms with van der Waals surface area (Å²) in [5, 5.41) is 32.9. The van der Waals surface area contributed by atoms with Crippen LogP contribution in [0.2, 0.25) is 0 Å². The van der Waals surface area contributed by atoms with Gasteiger partial charge < -0.3 is 20.4 Å². The second kappa shape index (κ2) is 8.93. The molecular formula is C8H20O4. The average molecular weight is 180 g/mol. The minimum Gasteiger partial charge on any atom is -0.396 e. The maximum Gasteiger partial charge on any atom is 0.0613 e. The van der Waals surface area contributed by atoms with E-state index in [2.05, 4.69) is 0 Å². The number of rotatable bonds is 4. The zero-order valence-electron chi connectivity index (χ0n) is 7.82. The van der Waals surface area contributed by atoms with Crippen LogP contribution in [0.25, 0.3) is 0 Å². The van der Waals surface area contributed by atoms with Crippen LogP contribution in [-0.4, -0.2) is 45.8 Å². The monoisotopic (exact) mass is 180 g/mol. The van der Waals surface area contributed by atoms with Gasteiger partial charge in [-0.05, 0) is 26.7 Å². The predicted molar refractivity (Wildman–Crippen MR) is 46.8 cm³/mol. The molecule has 12 heavy (non-hydrogen) atoms. The van der Waals surface area contributed by atoms with E-state index in [0.29, 0.717) is 12.8 Å². The Hall–Kier alpha value is -0.160. The predicted octanol–water partition coefficient (Wildman–Crippen LogP) is -0.499. The van der Waals surface area contributed by atoms with Gasteiger partial charge >= 0.3 is 0 Å². The van der Waals surface area contributed by atoms with Crippen molar-refractivity contribution in [3.05, 3.63) is 0 Å². The molecule has 0 spiro atoms. The Labute approximate surface area is 73.5 Å². The standard InChI is InChI=1S/C5H12O2.C3H8O2/c1-5(2,7)3-4-6;4-2-1-3-5/h6-7H,3-4H2,1-2H3;4-5H,1-3H2. The quantitative estimate of drug-likeness (QED) is 0.470. The van der Waals surface area contributed by atoms with Crippen LogP contribution in [-0.2, 0) is 0 Å². The van der Waals surface area contributed by atoms with Crippen LogP contribution in [0.3, 0.4) is 0 Å². The number of aliphatic hydroxyl groups is 4. The summed E-state index contributed by atoms with van der Waals surface area (Å²) in [6.45, 7) is 3.59. The Balaban J connectivity index is 0. The first-order chi connectivity index (χ1) is 5.47. The van der Waals surface area contributed by atoms with Gasteiger partial charge in [-0.15, -0.1) is 0 Å². The third-order valence-electron chi connectivity index (χ3n) is 1.04. The number of hydrogen-bond acceptors (Lipinski definition) is 4. The van der Waals surface area contributed by atoms with Crippen molar-refractivity contribution in [1.82, 2.24) is 0 Å². The summed E-state index contributed by atoms with van der Waals surface area (Å²) < 4.78 is 0. The Morgan fingerprint density at radius 3 is 1.33 bits per heavy atom. The Bertz CT molecular complexity index is 75.6. The molecule has 4 N–H and O–H groups in total. The highest BCUT2D eigenvalue weighted by Crippen LogP contribution is 2.04. The van der Waals surface area contributed by atoms with E-state index in [0.717, 1.165) is 0 Å². The molecule has 4 nitrogen and oxygen atoms in total. The van der Waals surface area contributed by atoms with Crippen molar-refractivity contribution in [2.24, 2.45) is 0 Å². The van der Waals surface area contributed by atoms with Gasteiger partial charge in [0.05, 0.1) is 5.60 Å². The van der Waals surface area contributed by atoms with Crippen LogP contribution in [0.5, 0.6) is 0 Å². The molecule has 0 rings (SSSR count). The minimum absolute atomic E-state index is 0.0590. The molecule has 0 saturated heterocycles. The van der Waals surface area contributed by atoms with Crippen LogP contribution in [0.15, 0.2) is 0 Å². The molecule has 0 aliphatic carbocycles. The second-order valence-electron chi connectivity index (χ2n) is 3.09. The first-order valence-electron chi connectivity index (χ1n) is 4.03. The van der Waals surface area contributed by atoms with E-state index < -0.39 is 5.60 Å². The van der Waals surface area contributed by atoms with Gasteiger partial charge in [-0.25, -0.2) is 0 Å². The van der Waals surface area contributed by atoms with Crippen LogP contribution in [0.4, 0.5) is 0 Å². The van der Waals surface area contributed by atoms with E-state index in [4.69, 9.17) is 20.4 Å². The number of hydrogen-bond donors (Lipinski definition) is 4. The molecular weight excluding hydrogens is 160 g/mol. The molecule has 0 heterocycles. The molecule has 0 aromatic heterocycles. The van der Waals surface area contributed by atoms with Crippen molar-refractivity contribution < 1.29 is 20.4 Å². The molecule has 0 amide bonds. The van der Waals surface area contributed by atoms with E-state index in [9.17, 15) is 0 Å².